The molecule has 0 radical (unpaired) electrons. The van der Waals surface area contributed by atoms with Crippen LogP contribution in [-0.4, -0.2) is 56.9 Å². The van der Waals surface area contributed by atoms with E-state index in [1.807, 2.05) is 11.0 Å². The SMILES string of the molecule is COc1cccc2c1C1(CCN(C(=O)[C@H]3CC[C@@H](N)[C@H](OC)C3)CC1)OCC2.Cl. The number of ether oxygens (including phenoxy) is 3. The smallest absolute Gasteiger partial charge is 0.225 e. The zero-order chi connectivity index (χ0) is 19.7. The van der Waals surface area contributed by atoms with E-state index in [2.05, 4.69) is 12.1 Å². The summed E-state index contributed by atoms with van der Waals surface area (Å²) in [6.45, 7) is 2.16. The van der Waals surface area contributed by atoms with Crippen LogP contribution >= 0.6 is 12.4 Å². The minimum absolute atomic E-state index is 0. The Labute approximate surface area is 179 Å². The molecule has 0 bridgehead atoms. The number of methoxy groups -OCH3 is 2. The first-order valence-electron chi connectivity index (χ1n) is 10.5. The van der Waals surface area contributed by atoms with Crippen LogP contribution in [-0.2, 0) is 26.3 Å². The average Bonchev–Trinajstić information content (AvgIpc) is 2.74. The molecule has 2 N–H and O–H groups in total. The Hall–Kier alpha value is -1.34. The predicted octanol–water partition coefficient (Wildman–Crippen LogP) is 2.65. The maximum absolute atomic E-state index is 13.1. The molecule has 29 heavy (non-hydrogen) atoms. The van der Waals surface area contributed by atoms with Crippen molar-refractivity contribution in [1.82, 2.24) is 4.90 Å². The molecule has 1 saturated carbocycles. The Morgan fingerprint density at radius 3 is 2.69 bits per heavy atom. The monoisotopic (exact) mass is 424 g/mol. The minimum Gasteiger partial charge on any atom is -0.496 e. The van der Waals surface area contributed by atoms with Crippen LogP contribution in [0.5, 0.6) is 5.75 Å². The normalized spacial score (nSPS) is 28.4. The number of carbonyl (C=O) groups is 1. The summed E-state index contributed by atoms with van der Waals surface area (Å²) in [5.74, 6) is 1.17. The van der Waals surface area contributed by atoms with Crippen molar-refractivity contribution in [3.8, 4) is 5.75 Å². The van der Waals surface area contributed by atoms with E-state index >= 15 is 0 Å². The van der Waals surface area contributed by atoms with E-state index in [1.165, 1.54) is 11.1 Å². The fraction of sp³-hybridized carbons (Fsp3) is 0.682. The van der Waals surface area contributed by atoms with Gasteiger partial charge in [-0.05, 0) is 50.2 Å². The van der Waals surface area contributed by atoms with E-state index < -0.39 is 0 Å². The zero-order valence-electron chi connectivity index (χ0n) is 17.4. The third kappa shape index (κ3) is 4.13. The molecule has 162 valence electrons. The van der Waals surface area contributed by atoms with Crippen LogP contribution in [0.25, 0.3) is 0 Å². The summed E-state index contributed by atoms with van der Waals surface area (Å²) in [7, 11) is 3.41. The second-order valence-corrected chi connectivity index (χ2v) is 8.36. The summed E-state index contributed by atoms with van der Waals surface area (Å²) in [6, 6.07) is 6.28. The van der Waals surface area contributed by atoms with Crippen molar-refractivity contribution >= 4 is 18.3 Å². The summed E-state index contributed by atoms with van der Waals surface area (Å²) >= 11 is 0. The standard InChI is InChI=1S/C22H32N2O4.ClH/c1-26-18-5-3-4-15-8-13-28-22(20(15)18)9-11-24(12-10-22)21(25)16-6-7-17(23)19(14-16)27-2;/h3-5,16-17,19H,6-14,23H2,1-2H3;1H/t16-,17+,19+;/m0./s1. The molecule has 1 aromatic rings. The summed E-state index contributed by atoms with van der Waals surface area (Å²) in [4.78, 5) is 15.1. The minimum atomic E-state index is -0.332. The number of benzene rings is 1. The van der Waals surface area contributed by atoms with Crippen LogP contribution in [0.4, 0.5) is 0 Å². The van der Waals surface area contributed by atoms with E-state index in [0.29, 0.717) is 0 Å². The molecular weight excluding hydrogens is 392 g/mol. The highest BCUT2D eigenvalue weighted by atomic mass is 35.5. The van der Waals surface area contributed by atoms with E-state index in [-0.39, 0.29) is 42.0 Å². The van der Waals surface area contributed by atoms with Crippen LogP contribution in [0.1, 0.15) is 43.2 Å². The highest BCUT2D eigenvalue weighted by molar-refractivity contribution is 5.85. The molecule has 1 saturated heterocycles. The first-order valence-corrected chi connectivity index (χ1v) is 10.5. The number of likely N-dealkylation sites (tertiary alicyclic amines) is 1. The van der Waals surface area contributed by atoms with Gasteiger partial charge in [0.05, 0.1) is 19.8 Å². The summed E-state index contributed by atoms with van der Waals surface area (Å²) in [6.07, 6.45) is 4.95. The van der Waals surface area contributed by atoms with Gasteiger partial charge in [-0.25, -0.2) is 0 Å². The van der Waals surface area contributed by atoms with Gasteiger partial charge in [-0.1, -0.05) is 12.1 Å². The van der Waals surface area contributed by atoms with Crippen molar-refractivity contribution in [2.75, 3.05) is 33.9 Å². The number of piperidine rings is 1. The Morgan fingerprint density at radius 2 is 2.00 bits per heavy atom. The van der Waals surface area contributed by atoms with Gasteiger partial charge in [0, 0.05) is 37.7 Å². The number of nitrogens with two attached hydrogens (primary N) is 1. The lowest BCUT2D eigenvalue weighted by atomic mass is 9.78. The summed E-state index contributed by atoms with van der Waals surface area (Å²) in [5.41, 5.74) is 8.29. The van der Waals surface area contributed by atoms with Crippen LogP contribution in [0.3, 0.4) is 0 Å². The zero-order valence-corrected chi connectivity index (χ0v) is 18.2. The lowest BCUT2D eigenvalue weighted by Crippen LogP contribution is -2.51. The van der Waals surface area contributed by atoms with Crippen LogP contribution in [0, 0.1) is 5.92 Å². The van der Waals surface area contributed by atoms with Crippen LogP contribution in [0.15, 0.2) is 18.2 Å². The second kappa shape index (κ2) is 9.21. The first kappa shape index (κ1) is 22.3. The van der Waals surface area contributed by atoms with E-state index in [0.717, 1.165) is 64.0 Å². The van der Waals surface area contributed by atoms with E-state index in [4.69, 9.17) is 19.9 Å². The molecule has 3 aliphatic rings. The van der Waals surface area contributed by atoms with Crippen molar-refractivity contribution in [3.05, 3.63) is 29.3 Å². The molecule has 2 aliphatic heterocycles. The highest BCUT2D eigenvalue weighted by Crippen LogP contribution is 2.46. The van der Waals surface area contributed by atoms with Gasteiger partial charge in [0.25, 0.3) is 0 Å². The van der Waals surface area contributed by atoms with Gasteiger partial charge < -0.3 is 24.8 Å². The molecule has 7 heteroatoms. The molecule has 3 atom stereocenters. The average molecular weight is 425 g/mol. The van der Waals surface area contributed by atoms with Crippen LogP contribution in [0.2, 0.25) is 0 Å². The Bertz CT molecular complexity index is 707. The van der Waals surface area contributed by atoms with Gasteiger partial charge in [-0.15, -0.1) is 12.4 Å². The maximum Gasteiger partial charge on any atom is 0.225 e. The van der Waals surface area contributed by atoms with Crippen molar-refractivity contribution in [3.63, 3.8) is 0 Å². The Balaban J connectivity index is 0.00000240. The molecule has 2 heterocycles. The van der Waals surface area contributed by atoms with Gasteiger partial charge in [0.2, 0.25) is 5.91 Å². The number of rotatable bonds is 3. The van der Waals surface area contributed by atoms with Gasteiger partial charge in [0.15, 0.2) is 0 Å². The lowest BCUT2D eigenvalue weighted by Gasteiger charge is -2.46. The largest absolute Gasteiger partial charge is 0.496 e. The van der Waals surface area contributed by atoms with Gasteiger partial charge in [0.1, 0.15) is 11.4 Å². The van der Waals surface area contributed by atoms with Crippen LogP contribution < -0.4 is 10.5 Å². The Kier molecular flexibility index (Phi) is 7.10. The molecule has 2 fully saturated rings. The first-order chi connectivity index (χ1) is 13.6. The molecule has 1 spiro atoms. The van der Waals surface area contributed by atoms with E-state index in [9.17, 15) is 4.79 Å². The fourth-order valence-electron chi connectivity index (χ4n) is 5.29. The molecule has 6 nitrogen and oxygen atoms in total. The maximum atomic E-state index is 13.1. The van der Waals surface area contributed by atoms with Crippen molar-refractivity contribution in [1.29, 1.82) is 0 Å². The second-order valence-electron chi connectivity index (χ2n) is 8.36. The van der Waals surface area contributed by atoms with Gasteiger partial charge in [-0.3, -0.25) is 4.79 Å². The van der Waals surface area contributed by atoms with Crippen molar-refractivity contribution < 1.29 is 19.0 Å². The summed E-state index contributed by atoms with van der Waals surface area (Å²) < 4.78 is 17.5. The molecule has 0 aromatic heterocycles. The van der Waals surface area contributed by atoms with Gasteiger partial charge >= 0.3 is 0 Å². The van der Waals surface area contributed by atoms with Gasteiger partial charge in [-0.2, -0.15) is 0 Å². The third-order valence-corrected chi connectivity index (χ3v) is 6.92. The number of halogens is 1. The topological polar surface area (TPSA) is 74.0 Å². The quantitative estimate of drug-likeness (QED) is 0.807. The molecule has 4 rings (SSSR count). The number of hydrogen-bond acceptors (Lipinski definition) is 5. The lowest BCUT2D eigenvalue weighted by molar-refractivity contribution is -0.147. The number of hydrogen-bond donors (Lipinski definition) is 1. The summed E-state index contributed by atoms with van der Waals surface area (Å²) in [5, 5.41) is 0. The molecule has 1 aromatic carbocycles. The molecule has 1 amide bonds. The number of carbonyl (C=O) groups excluding carboxylic acids is 1. The van der Waals surface area contributed by atoms with E-state index in [1.54, 1.807) is 14.2 Å². The Morgan fingerprint density at radius 1 is 1.24 bits per heavy atom. The predicted molar refractivity (Wildman–Crippen MR) is 114 cm³/mol. The fourth-order valence-corrected chi connectivity index (χ4v) is 5.29. The molecule has 1 aliphatic carbocycles. The molecule has 0 unspecified atom stereocenters. The van der Waals surface area contributed by atoms with Crippen molar-refractivity contribution in [2.24, 2.45) is 11.7 Å². The third-order valence-electron chi connectivity index (χ3n) is 6.92. The molecular formula is C22H33ClN2O4. The number of nitrogens with zero attached hydrogens (tertiary/aromatic N) is 1. The van der Waals surface area contributed by atoms with Crippen molar-refractivity contribution in [2.45, 2.75) is 56.3 Å². The number of fused-ring (bicyclic) bond motifs is 2. The highest BCUT2D eigenvalue weighted by Gasteiger charge is 2.44. The number of amides is 1.